The molecule has 35 heavy (non-hydrogen) atoms. The molecule has 186 valence electrons. The number of amides is 3. The fourth-order valence-corrected chi connectivity index (χ4v) is 5.33. The lowest BCUT2D eigenvalue weighted by Crippen LogP contribution is -2.53. The second-order valence-electron chi connectivity index (χ2n) is 9.08. The molecule has 0 spiro atoms. The average Bonchev–Trinajstić information content (AvgIpc) is 2.91. The molecule has 0 unspecified atom stereocenters. The van der Waals surface area contributed by atoms with Gasteiger partial charge in [0.15, 0.2) is 0 Å². The highest BCUT2D eigenvalue weighted by Crippen LogP contribution is 2.41. The quantitative estimate of drug-likeness (QED) is 0.367. The van der Waals surface area contributed by atoms with Crippen LogP contribution in [0.15, 0.2) is 48.8 Å². The lowest BCUT2D eigenvalue weighted by molar-refractivity contribution is -0.147. The van der Waals surface area contributed by atoms with E-state index in [1.807, 2.05) is 29.2 Å². The van der Waals surface area contributed by atoms with Crippen LogP contribution in [0.1, 0.15) is 36.3 Å². The SMILES string of the molecule is O=C(O)NCc1cnccc1[C@@H]1CC[C@H](C(=O)N2CCN(c3ccccc3)CC2)[C@@H](C(=O)NO)C1. The molecule has 2 aromatic rings. The minimum atomic E-state index is -1.13. The van der Waals surface area contributed by atoms with Crippen molar-refractivity contribution >= 4 is 23.6 Å². The van der Waals surface area contributed by atoms with Gasteiger partial charge in [-0.2, -0.15) is 0 Å². The van der Waals surface area contributed by atoms with Crippen molar-refractivity contribution in [2.24, 2.45) is 11.8 Å². The number of carboxylic acid groups (broad SMARTS) is 1. The van der Waals surface area contributed by atoms with Gasteiger partial charge in [-0.3, -0.25) is 19.8 Å². The standard InChI is InChI=1S/C25H31N5O5/c31-23(28-35)22-14-17(20-8-9-26-15-18(20)16-27-25(33)34)6-7-21(22)24(32)30-12-10-29(11-13-30)19-4-2-1-3-5-19/h1-5,8-9,15,17,21-22,27,35H,6-7,10-14,16H2,(H,28,31)(H,33,34)/t17-,21+,22+/m1/s1. The number of nitrogens with zero attached hydrogens (tertiary/aromatic N) is 3. The largest absolute Gasteiger partial charge is 0.465 e. The lowest BCUT2D eigenvalue weighted by atomic mass is 9.70. The van der Waals surface area contributed by atoms with Crippen molar-refractivity contribution < 1.29 is 24.7 Å². The summed E-state index contributed by atoms with van der Waals surface area (Å²) in [6.45, 7) is 2.71. The van der Waals surface area contributed by atoms with Crippen molar-refractivity contribution in [2.45, 2.75) is 31.7 Å². The average molecular weight is 482 g/mol. The van der Waals surface area contributed by atoms with Gasteiger partial charge in [-0.25, -0.2) is 10.3 Å². The van der Waals surface area contributed by atoms with Crippen LogP contribution in [0.4, 0.5) is 10.5 Å². The first-order chi connectivity index (χ1) is 17.0. The zero-order valence-electron chi connectivity index (χ0n) is 19.5. The Morgan fingerprint density at radius 3 is 2.43 bits per heavy atom. The highest BCUT2D eigenvalue weighted by molar-refractivity contribution is 5.87. The first kappa shape index (κ1) is 24.5. The summed E-state index contributed by atoms with van der Waals surface area (Å²) in [5.41, 5.74) is 4.54. The number of aromatic nitrogens is 1. The smallest absolute Gasteiger partial charge is 0.404 e. The third kappa shape index (κ3) is 5.71. The molecule has 1 aromatic carbocycles. The van der Waals surface area contributed by atoms with Gasteiger partial charge in [0.2, 0.25) is 11.8 Å². The summed E-state index contributed by atoms with van der Waals surface area (Å²) in [7, 11) is 0. The molecular weight excluding hydrogens is 450 g/mol. The summed E-state index contributed by atoms with van der Waals surface area (Å²) in [4.78, 5) is 45.2. The van der Waals surface area contributed by atoms with Crippen LogP contribution in [0.2, 0.25) is 0 Å². The lowest BCUT2D eigenvalue weighted by Gasteiger charge is -2.41. The number of pyridine rings is 1. The van der Waals surface area contributed by atoms with Gasteiger partial charge in [0.25, 0.3) is 0 Å². The molecule has 3 atom stereocenters. The molecule has 4 rings (SSSR count). The molecule has 2 fully saturated rings. The number of para-hydroxylation sites is 1. The monoisotopic (exact) mass is 481 g/mol. The molecule has 1 aromatic heterocycles. The van der Waals surface area contributed by atoms with Gasteiger partial charge in [0, 0.05) is 56.7 Å². The van der Waals surface area contributed by atoms with Gasteiger partial charge in [0.1, 0.15) is 0 Å². The van der Waals surface area contributed by atoms with Gasteiger partial charge in [-0.15, -0.1) is 0 Å². The normalized spacial score (nSPS) is 22.4. The Hall–Kier alpha value is -3.66. The highest BCUT2D eigenvalue weighted by Gasteiger charge is 2.42. The van der Waals surface area contributed by atoms with Crippen LogP contribution in [-0.4, -0.2) is 64.3 Å². The highest BCUT2D eigenvalue weighted by atomic mass is 16.5. The molecule has 1 saturated carbocycles. The number of carbonyl (C=O) groups excluding carboxylic acids is 2. The Labute approximate surface area is 203 Å². The van der Waals surface area contributed by atoms with Crippen LogP contribution in [0.5, 0.6) is 0 Å². The van der Waals surface area contributed by atoms with Crippen LogP contribution in [0, 0.1) is 11.8 Å². The van der Waals surface area contributed by atoms with Gasteiger partial charge in [0.05, 0.1) is 5.92 Å². The van der Waals surface area contributed by atoms with Gasteiger partial charge < -0.3 is 20.2 Å². The number of hydrogen-bond acceptors (Lipinski definition) is 6. The Morgan fingerprint density at radius 2 is 1.74 bits per heavy atom. The fraction of sp³-hybridized carbons (Fsp3) is 0.440. The number of carbonyl (C=O) groups is 3. The summed E-state index contributed by atoms with van der Waals surface area (Å²) in [6, 6.07) is 11.9. The van der Waals surface area contributed by atoms with Crippen LogP contribution in [0.25, 0.3) is 0 Å². The van der Waals surface area contributed by atoms with E-state index in [4.69, 9.17) is 5.11 Å². The molecule has 1 saturated heterocycles. The third-order valence-corrected chi connectivity index (χ3v) is 7.14. The maximum absolute atomic E-state index is 13.5. The fourth-order valence-electron chi connectivity index (χ4n) is 5.33. The van der Waals surface area contributed by atoms with Crippen molar-refractivity contribution in [3.63, 3.8) is 0 Å². The molecule has 3 amide bonds. The molecule has 0 radical (unpaired) electrons. The number of nitrogens with one attached hydrogen (secondary N) is 2. The summed E-state index contributed by atoms with van der Waals surface area (Å²) in [5, 5.41) is 20.7. The number of piperazine rings is 1. The van der Waals surface area contributed by atoms with Crippen molar-refractivity contribution in [1.29, 1.82) is 0 Å². The van der Waals surface area contributed by atoms with Crippen molar-refractivity contribution in [2.75, 3.05) is 31.1 Å². The number of rotatable bonds is 6. The Morgan fingerprint density at radius 1 is 1.00 bits per heavy atom. The maximum Gasteiger partial charge on any atom is 0.404 e. The molecule has 0 bridgehead atoms. The zero-order valence-corrected chi connectivity index (χ0v) is 19.5. The second-order valence-corrected chi connectivity index (χ2v) is 9.08. The summed E-state index contributed by atoms with van der Waals surface area (Å²) >= 11 is 0. The van der Waals surface area contributed by atoms with E-state index in [2.05, 4.69) is 27.3 Å². The Kier molecular flexibility index (Phi) is 7.81. The molecule has 4 N–H and O–H groups in total. The van der Waals surface area contributed by atoms with E-state index in [1.165, 1.54) is 0 Å². The van der Waals surface area contributed by atoms with Crippen molar-refractivity contribution in [1.82, 2.24) is 20.7 Å². The molecule has 10 nitrogen and oxygen atoms in total. The Balaban J connectivity index is 1.44. The maximum atomic E-state index is 13.5. The topological polar surface area (TPSA) is 135 Å². The van der Waals surface area contributed by atoms with E-state index in [1.54, 1.807) is 17.9 Å². The van der Waals surface area contributed by atoms with Crippen LogP contribution in [-0.2, 0) is 16.1 Å². The van der Waals surface area contributed by atoms with E-state index in [0.717, 1.165) is 29.9 Å². The van der Waals surface area contributed by atoms with Gasteiger partial charge >= 0.3 is 6.09 Å². The predicted molar refractivity (Wildman–Crippen MR) is 128 cm³/mol. The van der Waals surface area contributed by atoms with Crippen LogP contribution >= 0.6 is 0 Å². The number of benzene rings is 1. The predicted octanol–water partition coefficient (Wildman–Crippen LogP) is 2.20. The third-order valence-electron chi connectivity index (χ3n) is 7.14. The Bertz CT molecular complexity index is 1040. The summed E-state index contributed by atoms with van der Waals surface area (Å²) in [5.74, 6) is -1.84. The zero-order chi connectivity index (χ0) is 24.8. The van der Waals surface area contributed by atoms with Gasteiger partial charge in [-0.1, -0.05) is 18.2 Å². The van der Waals surface area contributed by atoms with Crippen molar-refractivity contribution in [3.8, 4) is 0 Å². The minimum Gasteiger partial charge on any atom is -0.465 e. The first-order valence-corrected chi connectivity index (χ1v) is 11.9. The van der Waals surface area contributed by atoms with Crippen LogP contribution in [0.3, 0.4) is 0 Å². The summed E-state index contributed by atoms with van der Waals surface area (Å²) in [6.07, 6.45) is 3.71. The molecule has 1 aliphatic heterocycles. The molecule has 1 aliphatic carbocycles. The van der Waals surface area contributed by atoms with Gasteiger partial charge in [-0.05, 0) is 54.5 Å². The molecular formula is C25H31N5O5. The van der Waals surface area contributed by atoms with Crippen molar-refractivity contribution in [3.05, 3.63) is 59.9 Å². The molecule has 10 heteroatoms. The summed E-state index contributed by atoms with van der Waals surface area (Å²) < 4.78 is 0. The van der Waals surface area contributed by atoms with E-state index in [0.29, 0.717) is 32.4 Å². The number of hydroxylamine groups is 1. The first-order valence-electron chi connectivity index (χ1n) is 11.9. The number of hydrogen-bond donors (Lipinski definition) is 4. The minimum absolute atomic E-state index is 0.0488. The van der Waals surface area contributed by atoms with E-state index >= 15 is 0 Å². The number of anilines is 1. The second kappa shape index (κ2) is 11.2. The van der Waals surface area contributed by atoms with E-state index in [9.17, 15) is 19.6 Å². The van der Waals surface area contributed by atoms with E-state index in [-0.39, 0.29) is 18.4 Å². The van der Waals surface area contributed by atoms with E-state index < -0.39 is 23.8 Å². The van der Waals surface area contributed by atoms with Crippen LogP contribution < -0.4 is 15.7 Å². The molecule has 2 aliphatic rings. The molecule has 2 heterocycles.